The summed E-state index contributed by atoms with van der Waals surface area (Å²) in [5.41, 5.74) is 0.631. The minimum absolute atomic E-state index is 0.155. The Bertz CT molecular complexity index is 807. The lowest BCUT2D eigenvalue weighted by molar-refractivity contribution is -0.122. The zero-order chi connectivity index (χ0) is 17.8. The number of nitrogens with zero attached hydrogens (tertiary/aromatic N) is 1. The average Bonchev–Trinajstić information content (AvgIpc) is 3.07. The van der Waals surface area contributed by atoms with Crippen molar-refractivity contribution < 1.29 is 14.3 Å². The SMILES string of the molecule is O=C(COc1c(Br)cc(Br)c2cccnc12)NC(=O)NC1CCCC1. The van der Waals surface area contributed by atoms with E-state index in [1.54, 1.807) is 6.20 Å². The second-order valence-corrected chi connectivity index (χ2v) is 7.57. The van der Waals surface area contributed by atoms with Crippen molar-refractivity contribution in [1.29, 1.82) is 0 Å². The molecule has 2 N–H and O–H groups in total. The topological polar surface area (TPSA) is 80.3 Å². The van der Waals surface area contributed by atoms with Gasteiger partial charge in [-0.15, -0.1) is 0 Å². The van der Waals surface area contributed by atoms with Crippen molar-refractivity contribution in [3.05, 3.63) is 33.3 Å². The molecular formula is C17H17Br2N3O3. The van der Waals surface area contributed by atoms with Crippen LogP contribution in [0.1, 0.15) is 25.7 Å². The third kappa shape index (κ3) is 4.49. The van der Waals surface area contributed by atoms with Crippen LogP contribution < -0.4 is 15.4 Å². The number of nitrogens with one attached hydrogen (secondary N) is 2. The Morgan fingerprint density at radius 3 is 2.76 bits per heavy atom. The molecule has 1 aliphatic carbocycles. The van der Waals surface area contributed by atoms with Crippen LogP contribution in [-0.4, -0.2) is 29.6 Å². The van der Waals surface area contributed by atoms with Gasteiger partial charge in [0.1, 0.15) is 5.52 Å². The van der Waals surface area contributed by atoms with Gasteiger partial charge in [-0.3, -0.25) is 15.1 Å². The van der Waals surface area contributed by atoms with E-state index in [1.807, 2.05) is 18.2 Å². The summed E-state index contributed by atoms with van der Waals surface area (Å²) in [6, 6.07) is 5.25. The molecule has 3 amide bonds. The minimum Gasteiger partial charge on any atom is -0.480 e. The Labute approximate surface area is 162 Å². The third-order valence-electron chi connectivity index (χ3n) is 4.04. The first kappa shape index (κ1) is 18.1. The van der Waals surface area contributed by atoms with Crippen LogP contribution >= 0.6 is 31.9 Å². The molecule has 25 heavy (non-hydrogen) atoms. The highest BCUT2D eigenvalue weighted by Crippen LogP contribution is 2.37. The average molecular weight is 471 g/mol. The second-order valence-electron chi connectivity index (χ2n) is 5.86. The number of rotatable bonds is 4. The Balaban J connectivity index is 1.62. The number of amides is 3. The lowest BCUT2D eigenvalue weighted by atomic mass is 10.2. The van der Waals surface area contributed by atoms with E-state index in [1.165, 1.54) is 0 Å². The molecule has 0 atom stereocenters. The normalized spacial score (nSPS) is 14.5. The number of pyridine rings is 1. The summed E-state index contributed by atoms with van der Waals surface area (Å²) in [7, 11) is 0. The van der Waals surface area contributed by atoms with Gasteiger partial charge in [0.25, 0.3) is 5.91 Å². The molecule has 3 rings (SSSR count). The third-order valence-corrected chi connectivity index (χ3v) is 5.29. The second kappa shape index (κ2) is 8.14. The van der Waals surface area contributed by atoms with Gasteiger partial charge >= 0.3 is 6.03 Å². The molecule has 1 aromatic heterocycles. The molecule has 0 saturated heterocycles. The number of carbonyl (C=O) groups is 2. The molecule has 132 valence electrons. The summed E-state index contributed by atoms with van der Waals surface area (Å²) >= 11 is 6.90. The van der Waals surface area contributed by atoms with Crippen LogP contribution in [0.15, 0.2) is 33.3 Å². The summed E-state index contributed by atoms with van der Waals surface area (Å²) in [5.74, 6) is -0.0421. The van der Waals surface area contributed by atoms with Gasteiger partial charge in [-0.2, -0.15) is 0 Å². The molecule has 1 aliphatic rings. The number of hydrogen-bond acceptors (Lipinski definition) is 4. The zero-order valence-electron chi connectivity index (χ0n) is 13.4. The standard InChI is InChI=1S/C17H17Br2N3O3/c18-12-8-13(19)16(15-11(12)6-3-7-20-15)25-9-14(23)22-17(24)21-10-4-1-2-5-10/h3,6-8,10H,1-2,4-5,9H2,(H2,21,22,23,24). The molecule has 1 aromatic carbocycles. The van der Waals surface area contributed by atoms with E-state index >= 15 is 0 Å². The number of carbonyl (C=O) groups excluding carboxylic acids is 2. The first-order chi connectivity index (χ1) is 12.0. The highest BCUT2D eigenvalue weighted by atomic mass is 79.9. The van der Waals surface area contributed by atoms with Crippen LogP contribution in [0.3, 0.4) is 0 Å². The Hall–Kier alpha value is -1.67. The largest absolute Gasteiger partial charge is 0.480 e. The predicted molar refractivity (Wildman–Crippen MR) is 102 cm³/mol. The molecule has 0 unspecified atom stereocenters. The van der Waals surface area contributed by atoms with Gasteiger partial charge < -0.3 is 10.1 Å². The van der Waals surface area contributed by atoms with E-state index < -0.39 is 11.9 Å². The minimum atomic E-state index is -0.505. The maximum absolute atomic E-state index is 12.0. The fourth-order valence-corrected chi connectivity index (χ4v) is 4.26. The fraction of sp³-hybridized carbons (Fsp3) is 0.353. The number of ether oxygens (including phenoxy) is 1. The zero-order valence-corrected chi connectivity index (χ0v) is 16.5. The van der Waals surface area contributed by atoms with E-state index in [0.717, 1.165) is 35.5 Å². The van der Waals surface area contributed by atoms with Crippen LogP contribution in [0, 0.1) is 0 Å². The van der Waals surface area contributed by atoms with E-state index in [0.29, 0.717) is 15.7 Å². The Morgan fingerprint density at radius 1 is 1.24 bits per heavy atom. The molecule has 1 saturated carbocycles. The van der Waals surface area contributed by atoms with Crippen molar-refractivity contribution in [2.24, 2.45) is 0 Å². The van der Waals surface area contributed by atoms with Crippen molar-refractivity contribution >= 4 is 54.7 Å². The van der Waals surface area contributed by atoms with E-state index in [9.17, 15) is 9.59 Å². The highest BCUT2D eigenvalue weighted by Gasteiger charge is 2.19. The van der Waals surface area contributed by atoms with Crippen LogP contribution in [0.5, 0.6) is 5.75 Å². The summed E-state index contributed by atoms with van der Waals surface area (Å²) in [6.07, 6.45) is 5.80. The number of imide groups is 1. The Morgan fingerprint density at radius 2 is 2.00 bits per heavy atom. The maximum atomic E-state index is 12.0. The lowest BCUT2D eigenvalue weighted by Crippen LogP contribution is -2.45. The first-order valence-electron chi connectivity index (χ1n) is 8.00. The molecule has 0 bridgehead atoms. The number of urea groups is 1. The van der Waals surface area contributed by atoms with Crippen LogP contribution in [0.2, 0.25) is 0 Å². The fourth-order valence-electron chi connectivity index (χ4n) is 2.88. The summed E-state index contributed by atoms with van der Waals surface area (Å²) in [5, 5.41) is 5.97. The van der Waals surface area contributed by atoms with Gasteiger partial charge in [-0.1, -0.05) is 34.8 Å². The molecule has 0 radical (unpaired) electrons. The van der Waals surface area contributed by atoms with E-state index in [4.69, 9.17) is 4.74 Å². The number of benzene rings is 1. The molecule has 6 nitrogen and oxygen atoms in total. The molecule has 1 fully saturated rings. The van der Waals surface area contributed by atoms with E-state index in [-0.39, 0.29) is 12.6 Å². The van der Waals surface area contributed by atoms with Crippen molar-refractivity contribution in [3.63, 3.8) is 0 Å². The lowest BCUT2D eigenvalue weighted by Gasteiger charge is -2.14. The quantitative estimate of drug-likeness (QED) is 0.709. The molecule has 0 spiro atoms. The van der Waals surface area contributed by atoms with Gasteiger partial charge in [0.05, 0.1) is 4.47 Å². The molecule has 8 heteroatoms. The number of aromatic nitrogens is 1. The van der Waals surface area contributed by atoms with Gasteiger partial charge in [0.2, 0.25) is 0 Å². The molecule has 1 heterocycles. The molecule has 0 aliphatic heterocycles. The summed E-state index contributed by atoms with van der Waals surface area (Å²) in [4.78, 5) is 28.1. The summed E-state index contributed by atoms with van der Waals surface area (Å²) < 4.78 is 7.16. The Kier molecular flexibility index (Phi) is 5.90. The van der Waals surface area contributed by atoms with Crippen molar-refractivity contribution in [1.82, 2.24) is 15.6 Å². The maximum Gasteiger partial charge on any atom is 0.321 e. The van der Waals surface area contributed by atoms with Gasteiger partial charge in [-0.05, 0) is 40.9 Å². The van der Waals surface area contributed by atoms with Gasteiger partial charge in [0.15, 0.2) is 12.4 Å². The van der Waals surface area contributed by atoms with Crippen LogP contribution in [0.25, 0.3) is 10.9 Å². The smallest absolute Gasteiger partial charge is 0.321 e. The number of halogens is 2. The van der Waals surface area contributed by atoms with Gasteiger partial charge in [0, 0.05) is 22.1 Å². The van der Waals surface area contributed by atoms with Crippen molar-refractivity contribution in [3.8, 4) is 5.75 Å². The molecule has 2 aromatic rings. The number of hydrogen-bond donors (Lipinski definition) is 2. The summed E-state index contributed by atoms with van der Waals surface area (Å²) in [6.45, 7) is -0.274. The van der Waals surface area contributed by atoms with Crippen LogP contribution in [0.4, 0.5) is 4.79 Å². The predicted octanol–water partition coefficient (Wildman–Crippen LogP) is 3.91. The monoisotopic (exact) mass is 469 g/mol. The number of fused-ring (bicyclic) bond motifs is 1. The first-order valence-corrected chi connectivity index (χ1v) is 9.59. The van der Waals surface area contributed by atoms with Gasteiger partial charge in [-0.25, -0.2) is 4.79 Å². The molecular weight excluding hydrogens is 454 g/mol. The highest BCUT2D eigenvalue weighted by molar-refractivity contribution is 9.11. The van der Waals surface area contributed by atoms with Crippen molar-refractivity contribution in [2.45, 2.75) is 31.7 Å². The van der Waals surface area contributed by atoms with E-state index in [2.05, 4.69) is 47.5 Å². The van der Waals surface area contributed by atoms with Crippen molar-refractivity contribution in [2.75, 3.05) is 6.61 Å². The van der Waals surface area contributed by atoms with Crippen LogP contribution in [-0.2, 0) is 4.79 Å².